The molecule has 1 saturated heterocycles. The number of likely N-dealkylation sites (tertiary alicyclic amines) is 1. The van der Waals surface area contributed by atoms with E-state index in [0.29, 0.717) is 31.7 Å². The zero-order valence-corrected chi connectivity index (χ0v) is 16.7. The van der Waals surface area contributed by atoms with Crippen LogP contribution in [0.15, 0.2) is 53.4 Å². The number of rotatable bonds is 5. The number of amides is 1. The summed E-state index contributed by atoms with van der Waals surface area (Å²) in [5.41, 5.74) is 1.75. The summed E-state index contributed by atoms with van der Waals surface area (Å²) in [6.45, 7) is 1.39. The number of benzene rings is 2. The average molecular weight is 414 g/mol. The molecule has 29 heavy (non-hydrogen) atoms. The Bertz CT molecular complexity index is 1040. The number of carbonyl (C=O) groups is 2. The van der Waals surface area contributed by atoms with Crippen molar-refractivity contribution < 1.29 is 22.7 Å². The summed E-state index contributed by atoms with van der Waals surface area (Å²) in [6.07, 6.45) is 2.56. The summed E-state index contributed by atoms with van der Waals surface area (Å²) in [5.74, 6) is -0.940. The van der Waals surface area contributed by atoms with Crippen LogP contribution in [0, 0.1) is 0 Å². The molecule has 2 aliphatic heterocycles. The Morgan fingerprint density at radius 3 is 2.52 bits per heavy atom. The van der Waals surface area contributed by atoms with E-state index in [4.69, 9.17) is 4.74 Å². The van der Waals surface area contributed by atoms with Gasteiger partial charge in [-0.3, -0.25) is 9.10 Å². The fourth-order valence-corrected chi connectivity index (χ4v) is 5.29. The SMILES string of the molecule is O=C(OCC(=O)N1CCCC1)c1cccc(S(=O)(=O)N2CCc3ccccc32)c1. The van der Waals surface area contributed by atoms with E-state index in [1.54, 1.807) is 17.0 Å². The van der Waals surface area contributed by atoms with E-state index in [9.17, 15) is 18.0 Å². The minimum absolute atomic E-state index is 0.0227. The van der Waals surface area contributed by atoms with Gasteiger partial charge in [-0.1, -0.05) is 24.3 Å². The Labute approximate surface area is 169 Å². The zero-order chi connectivity index (χ0) is 20.4. The van der Waals surface area contributed by atoms with Crippen LogP contribution in [0.5, 0.6) is 0 Å². The van der Waals surface area contributed by atoms with Gasteiger partial charge in [0.15, 0.2) is 6.61 Å². The van der Waals surface area contributed by atoms with Gasteiger partial charge in [0.1, 0.15) is 0 Å². The molecular formula is C21H22N2O5S. The van der Waals surface area contributed by atoms with Crippen LogP contribution < -0.4 is 4.31 Å². The van der Waals surface area contributed by atoms with Gasteiger partial charge in [-0.2, -0.15) is 0 Å². The van der Waals surface area contributed by atoms with Gasteiger partial charge in [-0.05, 0) is 49.1 Å². The first-order chi connectivity index (χ1) is 14.0. The van der Waals surface area contributed by atoms with Crippen LogP contribution in [-0.4, -0.2) is 51.4 Å². The first kappa shape index (κ1) is 19.4. The topological polar surface area (TPSA) is 84.0 Å². The fourth-order valence-electron chi connectivity index (χ4n) is 3.74. The van der Waals surface area contributed by atoms with E-state index in [2.05, 4.69) is 0 Å². The fraction of sp³-hybridized carbons (Fsp3) is 0.333. The van der Waals surface area contributed by atoms with Crippen molar-refractivity contribution in [3.05, 3.63) is 59.7 Å². The number of para-hydroxylation sites is 1. The lowest BCUT2D eigenvalue weighted by molar-refractivity contribution is -0.133. The molecule has 2 aromatic carbocycles. The molecule has 4 rings (SSSR count). The third-order valence-electron chi connectivity index (χ3n) is 5.29. The minimum atomic E-state index is -3.80. The van der Waals surface area contributed by atoms with Gasteiger partial charge < -0.3 is 9.64 Å². The summed E-state index contributed by atoms with van der Waals surface area (Å²) >= 11 is 0. The number of esters is 1. The first-order valence-corrected chi connectivity index (χ1v) is 11.1. The summed E-state index contributed by atoms with van der Waals surface area (Å²) in [7, 11) is -3.80. The smallest absolute Gasteiger partial charge is 0.338 e. The number of fused-ring (bicyclic) bond motifs is 1. The largest absolute Gasteiger partial charge is 0.452 e. The summed E-state index contributed by atoms with van der Waals surface area (Å²) in [4.78, 5) is 26.1. The van der Waals surface area contributed by atoms with Crippen LogP contribution in [0.2, 0.25) is 0 Å². The Balaban J connectivity index is 1.49. The van der Waals surface area contributed by atoms with Crippen LogP contribution in [0.1, 0.15) is 28.8 Å². The quantitative estimate of drug-likeness (QED) is 0.701. The lowest BCUT2D eigenvalue weighted by Crippen LogP contribution is -2.32. The Hall–Kier alpha value is -2.87. The molecule has 152 valence electrons. The molecule has 0 radical (unpaired) electrons. The number of ether oxygens (including phenoxy) is 1. The van der Waals surface area contributed by atoms with E-state index >= 15 is 0 Å². The molecular weight excluding hydrogens is 392 g/mol. The molecule has 7 nitrogen and oxygen atoms in total. The number of anilines is 1. The van der Waals surface area contributed by atoms with Crippen molar-refractivity contribution >= 4 is 27.6 Å². The molecule has 0 saturated carbocycles. The molecule has 8 heteroatoms. The first-order valence-electron chi connectivity index (χ1n) is 9.62. The zero-order valence-electron chi connectivity index (χ0n) is 15.9. The maximum absolute atomic E-state index is 13.1. The van der Waals surface area contributed by atoms with E-state index in [1.807, 2.05) is 12.1 Å². The highest BCUT2D eigenvalue weighted by Gasteiger charge is 2.31. The summed E-state index contributed by atoms with van der Waals surface area (Å²) in [6, 6.07) is 13.1. The van der Waals surface area contributed by atoms with Gasteiger partial charge in [0.05, 0.1) is 16.1 Å². The monoisotopic (exact) mass is 414 g/mol. The van der Waals surface area contributed by atoms with E-state index in [0.717, 1.165) is 18.4 Å². The lowest BCUT2D eigenvalue weighted by atomic mass is 10.2. The summed E-state index contributed by atoms with van der Waals surface area (Å²) in [5, 5.41) is 0. The molecule has 2 aromatic rings. The molecule has 0 aromatic heterocycles. The predicted octanol–water partition coefficient (Wildman–Crippen LogP) is 2.22. The highest BCUT2D eigenvalue weighted by Crippen LogP contribution is 2.32. The van der Waals surface area contributed by atoms with Crippen molar-refractivity contribution in [1.29, 1.82) is 0 Å². The van der Waals surface area contributed by atoms with Crippen LogP contribution in [0.25, 0.3) is 0 Å². The highest BCUT2D eigenvalue weighted by atomic mass is 32.2. The maximum atomic E-state index is 13.1. The number of sulfonamides is 1. The molecule has 2 heterocycles. The second-order valence-corrected chi connectivity index (χ2v) is 9.01. The summed E-state index contributed by atoms with van der Waals surface area (Å²) < 4.78 is 32.7. The number of hydrogen-bond acceptors (Lipinski definition) is 5. The lowest BCUT2D eigenvalue weighted by Gasteiger charge is -2.20. The van der Waals surface area contributed by atoms with Crippen LogP contribution in [0.3, 0.4) is 0 Å². The molecule has 1 fully saturated rings. The van der Waals surface area contributed by atoms with Gasteiger partial charge in [0.2, 0.25) is 0 Å². The van der Waals surface area contributed by atoms with Gasteiger partial charge in [-0.25, -0.2) is 13.2 Å². The molecule has 0 aliphatic carbocycles. The Morgan fingerprint density at radius 2 is 1.72 bits per heavy atom. The van der Waals surface area contributed by atoms with Crippen molar-refractivity contribution in [1.82, 2.24) is 4.90 Å². The van der Waals surface area contributed by atoms with Gasteiger partial charge >= 0.3 is 5.97 Å². The van der Waals surface area contributed by atoms with Crippen molar-refractivity contribution in [2.24, 2.45) is 0 Å². The Kier molecular flexibility index (Phi) is 5.27. The van der Waals surface area contributed by atoms with Crippen molar-refractivity contribution in [3.63, 3.8) is 0 Å². The molecule has 0 atom stereocenters. The number of carbonyl (C=O) groups excluding carboxylic acids is 2. The van der Waals surface area contributed by atoms with Crippen LogP contribution in [0.4, 0.5) is 5.69 Å². The van der Waals surface area contributed by atoms with Crippen LogP contribution in [-0.2, 0) is 26.0 Å². The predicted molar refractivity (Wildman–Crippen MR) is 107 cm³/mol. The van der Waals surface area contributed by atoms with Crippen molar-refractivity contribution in [2.45, 2.75) is 24.2 Å². The normalized spacial score (nSPS) is 16.0. The second-order valence-electron chi connectivity index (χ2n) is 7.15. The molecule has 0 unspecified atom stereocenters. The van der Waals surface area contributed by atoms with E-state index < -0.39 is 16.0 Å². The standard InChI is InChI=1S/C21H22N2O5S/c24-20(22-11-3-4-12-22)15-28-21(25)17-7-5-8-18(14-17)29(26,27)23-13-10-16-6-1-2-9-19(16)23/h1-2,5-9,14H,3-4,10-13,15H2. The molecule has 0 bridgehead atoms. The second kappa shape index (κ2) is 7.87. The molecule has 2 aliphatic rings. The Morgan fingerprint density at radius 1 is 0.966 bits per heavy atom. The number of hydrogen-bond donors (Lipinski definition) is 0. The molecule has 0 N–H and O–H groups in total. The third kappa shape index (κ3) is 3.85. The van der Waals surface area contributed by atoms with Crippen LogP contribution >= 0.6 is 0 Å². The van der Waals surface area contributed by atoms with Gasteiger partial charge in [0, 0.05) is 19.6 Å². The minimum Gasteiger partial charge on any atom is -0.452 e. The van der Waals surface area contributed by atoms with Gasteiger partial charge in [0.25, 0.3) is 15.9 Å². The molecule has 1 amide bonds. The van der Waals surface area contributed by atoms with Gasteiger partial charge in [-0.15, -0.1) is 0 Å². The third-order valence-corrected chi connectivity index (χ3v) is 7.10. The van der Waals surface area contributed by atoms with E-state index in [-0.39, 0.29) is 23.0 Å². The maximum Gasteiger partial charge on any atom is 0.338 e. The van der Waals surface area contributed by atoms with Crippen molar-refractivity contribution in [2.75, 3.05) is 30.5 Å². The van der Waals surface area contributed by atoms with Crippen molar-refractivity contribution in [3.8, 4) is 0 Å². The number of nitrogens with zero attached hydrogens (tertiary/aromatic N) is 2. The highest BCUT2D eigenvalue weighted by molar-refractivity contribution is 7.92. The average Bonchev–Trinajstić information content (AvgIpc) is 3.42. The molecule has 0 spiro atoms. The van der Waals surface area contributed by atoms with E-state index in [1.165, 1.54) is 28.6 Å².